The van der Waals surface area contributed by atoms with Crippen LogP contribution in [0.2, 0.25) is 0 Å². The second-order valence-electron chi connectivity index (χ2n) is 9.61. The number of hydrogen-bond donors (Lipinski definition) is 0. The predicted octanol–water partition coefficient (Wildman–Crippen LogP) is 1.97. The quantitative estimate of drug-likeness (QED) is 0.258. The van der Waals surface area contributed by atoms with Crippen LogP contribution in [-0.4, -0.2) is 65.8 Å². The number of morpholine rings is 1. The third kappa shape index (κ3) is 4.53. The lowest BCUT2D eigenvalue weighted by Crippen LogP contribution is -3.00. The molecule has 0 atom stereocenters. The Morgan fingerprint density at radius 1 is 0.629 bits per heavy atom. The summed E-state index contributed by atoms with van der Waals surface area (Å²) < 4.78 is 8.53. The van der Waals surface area contributed by atoms with Crippen molar-refractivity contribution in [3.05, 3.63) is 72.8 Å². The molecule has 4 aromatic rings. The molecular weight excluding hydrogens is 564 g/mol. The lowest BCUT2D eigenvalue weighted by molar-refractivity contribution is -0.00000750. The van der Waals surface area contributed by atoms with E-state index in [1.54, 1.807) is 0 Å². The fourth-order valence-electron chi connectivity index (χ4n) is 5.46. The van der Waals surface area contributed by atoms with Crippen LogP contribution < -0.4 is 44.4 Å². The Morgan fingerprint density at radius 2 is 1.03 bits per heavy atom. The van der Waals surface area contributed by atoms with E-state index >= 15 is 0 Å². The van der Waals surface area contributed by atoms with Crippen LogP contribution in [0.5, 0.6) is 0 Å². The molecule has 0 radical (unpaired) electrons. The van der Waals surface area contributed by atoms with Gasteiger partial charge in [0.1, 0.15) is 18.0 Å². The molecule has 35 heavy (non-hydrogen) atoms. The van der Waals surface area contributed by atoms with Crippen LogP contribution in [0.1, 0.15) is 0 Å². The van der Waals surface area contributed by atoms with Gasteiger partial charge >= 0.3 is 0 Å². The van der Waals surface area contributed by atoms with Gasteiger partial charge in [-0.1, -0.05) is 48.5 Å². The molecule has 1 saturated heterocycles. The highest BCUT2D eigenvalue weighted by molar-refractivity contribution is 7.87. The summed E-state index contributed by atoms with van der Waals surface area (Å²) in [5, 5.41) is 8.27. The number of hydrogen-bond acceptors (Lipinski definition) is 4. The van der Waals surface area contributed by atoms with Gasteiger partial charge in [-0.05, 0) is 24.3 Å². The van der Waals surface area contributed by atoms with E-state index in [0.29, 0.717) is 0 Å². The third-order valence-electron chi connectivity index (χ3n) is 7.21. The standard InChI is InChI=1S/C29H35N3OP.HI/c1-30(2)26-14-16-28(24-12-8-6-10-22(24)26)34(5,32-18-20-33-21-19-32)29-17-15-27(31(3)4)23-11-7-9-13-25(23)29;/h6-17H,18-21H2,1-5H3;1H/q+1;/p-1. The van der Waals surface area contributed by atoms with Crippen molar-refractivity contribution in [2.75, 3.05) is 71.0 Å². The van der Waals surface area contributed by atoms with Crippen LogP contribution in [0, 0.1) is 0 Å². The van der Waals surface area contributed by atoms with Crippen molar-refractivity contribution < 1.29 is 28.7 Å². The summed E-state index contributed by atoms with van der Waals surface area (Å²) in [5.41, 5.74) is 2.53. The molecule has 0 aliphatic carbocycles. The summed E-state index contributed by atoms with van der Waals surface area (Å²) in [4.78, 5) is 4.44. The van der Waals surface area contributed by atoms with Crippen LogP contribution >= 0.6 is 7.41 Å². The first-order valence-electron chi connectivity index (χ1n) is 12.0. The molecule has 5 rings (SSSR count). The zero-order valence-corrected chi connectivity index (χ0v) is 24.4. The fourth-order valence-corrected chi connectivity index (χ4v) is 9.35. The van der Waals surface area contributed by atoms with Crippen LogP contribution in [0.15, 0.2) is 72.8 Å². The number of anilines is 2. The summed E-state index contributed by atoms with van der Waals surface area (Å²) in [6.07, 6.45) is 0. The monoisotopic (exact) mass is 599 g/mol. The molecule has 0 spiro atoms. The van der Waals surface area contributed by atoms with E-state index in [4.69, 9.17) is 4.74 Å². The average molecular weight is 599 g/mol. The van der Waals surface area contributed by atoms with Gasteiger partial charge in [0, 0.05) is 61.1 Å². The molecule has 6 heteroatoms. The van der Waals surface area contributed by atoms with Crippen LogP contribution in [0.3, 0.4) is 0 Å². The third-order valence-corrected chi connectivity index (χ3v) is 11.4. The predicted molar refractivity (Wildman–Crippen MR) is 151 cm³/mol. The Balaban J connectivity index is 0.00000289. The first kappa shape index (κ1) is 26.2. The molecule has 0 N–H and O–H groups in total. The maximum Gasteiger partial charge on any atom is 0.146 e. The van der Waals surface area contributed by atoms with Gasteiger partial charge in [0.25, 0.3) is 0 Å². The van der Waals surface area contributed by atoms with Gasteiger partial charge in [-0.15, -0.1) is 0 Å². The number of ether oxygens (including phenoxy) is 1. The van der Waals surface area contributed by atoms with Gasteiger partial charge in [0.2, 0.25) is 0 Å². The van der Waals surface area contributed by atoms with E-state index in [9.17, 15) is 0 Å². The summed E-state index contributed by atoms with van der Waals surface area (Å²) in [5.74, 6) is 0. The van der Waals surface area contributed by atoms with E-state index in [1.807, 2.05) is 0 Å². The van der Waals surface area contributed by atoms with Crippen molar-refractivity contribution >= 4 is 50.9 Å². The Hall–Kier alpha value is -1.92. The molecule has 0 amide bonds. The minimum atomic E-state index is -1.92. The number of halogens is 1. The maximum atomic E-state index is 5.81. The summed E-state index contributed by atoms with van der Waals surface area (Å²) >= 11 is 0. The summed E-state index contributed by atoms with van der Waals surface area (Å²) in [6, 6.07) is 27.3. The molecule has 1 fully saturated rings. The number of nitrogens with zero attached hydrogens (tertiary/aromatic N) is 3. The Labute approximate surface area is 227 Å². The molecule has 1 aliphatic rings. The van der Waals surface area contributed by atoms with Crippen molar-refractivity contribution in [2.24, 2.45) is 0 Å². The van der Waals surface area contributed by atoms with Gasteiger partial charge in [-0.3, -0.25) is 0 Å². The van der Waals surface area contributed by atoms with Gasteiger partial charge in [0.05, 0.1) is 33.0 Å². The summed E-state index contributed by atoms with van der Waals surface area (Å²) in [6.45, 7) is 6.01. The molecule has 0 aromatic heterocycles. The van der Waals surface area contributed by atoms with Crippen LogP contribution in [0.4, 0.5) is 11.4 Å². The van der Waals surface area contributed by atoms with Crippen molar-refractivity contribution in [1.29, 1.82) is 0 Å². The molecule has 184 valence electrons. The lowest BCUT2D eigenvalue weighted by atomic mass is 10.1. The number of fused-ring (bicyclic) bond motifs is 2. The van der Waals surface area contributed by atoms with Gasteiger partial charge in [-0.2, -0.15) is 4.67 Å². The van der Waals surface area contributed by atoms with E-state index in [-0.39, 0.29) is 24.0 Å². The summed E-state index contributed by atoms with van der Waals surface area (Å²) in [7, 11) is 6.60. The normalized spacial score (nSPS) is 14.7. The minimum Gasteiger partial charge on any atom is -1.00 e. The van der Waals surface area contributed by atoms with E-state index < -0.39 is 7.41 Å². The highest BCUT2D eigenvalue weighted by Gasteiger charge is 2.47. The second kappa shape index (κ2) is 10.6. The minimum absolute atomic E-state index is 0. The van der Waals surface area contributed by atoms with E-state index in [1.165, 1.54) is 43.5 Å². The molecule has 0 bridgehead atoms. The zero-order valence-electron chi connectivity index (χ0n) is 21.3. The maximum absolute atomic E-state index is 5.81. The van der Waals surface area contributed by atoms with Gasteiger partial charge in [-0.25, -0.2) is 0 Å². The lowest BCUT2D eigenvalue weighted by Gasteiger charge is -2.37. The Bertz CT molecular complexity index is 1240. The topological polar surface area (TPSA) is 19.0 Å². The van der Waals surface area contributed by atoms with Crippen LogP contribution in [0.25, 0.3) is 21.5 Å². The first-order chi connectivity index (χ1) is 16.4. The SMILES string of the molecule is CN(C)c1ccc([P+](C)(c2ccc(N(C)C)c3ccccc23)N2CCOCC2)c2ccccc12.[I-]. The molecule has 4 nitrogen and oxygen atoms in total. The van der Waals surface area contributed by atoms with Crippen molar-refractivity contribution in [3.8, 4) is 0 Å². The molecule has 1 aliphatic heterocycles. The van der Waals surface area contributed by atoms with E-state index in [0.717, 1.165) is 26.3 Å². The molecule has 4 aromatic carbocycles. The fraction of sp³-hybridized carbons (Fsp3) is 0.310. The van der Waals surface area contributed by atoms with E-state index in [2.05, 4.69) is 122 Å². The van der Waals surface area contributed by atoms with Gasteiger partial charge in [0.15, 0.2) is 0 Å². The van der Waals surface area contributed by atoms with Crippen molar-refractivity contribution in [1.82, 2.24) is 4.67 Å². The zero-order chi connectivity index (χ0) is 23.9. The molecular formula is C29H35IN3OP. The average Bonchev–Trinajstić information content (AvgIpc) is 2.87. The van der Waals surface area contributed by atoms with Gasteiger partial charge < -0.3 is 38.5 Å². The molecule has 1 heterocycles. The van der Waals surface area contributed by atoms with Crippen molar-refractivity contribution in [2.45, 2.75) is 0 Å². The highest BCUT2D eigenvalue weighted by atomic mass is 127. The number of rotatable bonds is 5. The van der Waals surface area contributed by atoms with Crippen molar-refractivity contribution in [3.63, 3.8) is 0 Å². The Kier molecular flexibility index (Phi) is 7.92. The largest absolute Gasteiger partial charge is 1.00 e. The smallest absolute Gasteiger partial charge is 0.146 e. The van der Waals surface area contributed by atoms with Crippen LogP contribution in [-0.2, 0) is 4.74 Å². The highest BCUT2D eigenvalue weighted by Crippen LogP contribution is 2.59. The molecule has 0 saturated carbocycles. The molecule has 0 unspecified atom stereocenters. The second-order valence-corrected chi connectivity index (χ2v) is 13.1. The first-order valence-corrected chi connectivity index (χ1v) is 14.2. The Morgan fingerprint density at radius 3 is 1.43 bits per heavy atom. The number of benzene rings is 4.